The van der Waals surface area contributed by atoms with E-state index in [-0.39, 0.29) is 11.3 Å². The van der Waals surface area contributed by atoms with Crippen LogP contribution in [-0.4, -0.2) is 20.3 Å². The summed E-state index contributed by atoms with van der Waals surface area (Å²) >= 11 is 0. The van der Waals surface area contributed by atoms with E-state index in [2.05, 4.69) is 13.8 Å². The van der Waals surface area contributed by atoms with Crippen LogP contribution in [0.4, 0.5) is 5.69 Å². The van der Waals surface area contributed by atoms with Crippen molar-refractivity contribution in [3.8, 4) is 0 Å². The van der Waals surface area contributed by atoms with E-state index in [1.807, 2.05) is 29.2 Å². The standard InChI is InChI=1S/C12H14BNO/c1-12(2)7-11(15)14(8-12)10-5-3-9(13)4-6-10/h3-6H,7-8H2,1-2H3. The molecule has 0 atom stereocenters. The Balaban J connectivity index is 2.25. The van der Waals surface area contributed by atoms with Gasteiger partial charge in [0.2, 0.25) is 5.91 Å². The van der Waals surface area contributed by atoms with E-state index >= 15 is 0 Å². The maximum absolute atomic E-state index is 11.8. The number of rotatable bonds is 1. The number of hydrogen-bond donors (Lipinski definition) is 0. The van der Waals surface area contributed by atoms with Crippen molar-refractivity contribution in [2.45, 2.75) is 20.3 Å². The number of nitrogens with zero attached hydrogens (tertiary/aromatic N) is 1. The van der Waals surface area contributed by atoms with Crippen LogP contribution < -0.4 is 10.4 Å². The molecule has 0 unspecified atom stereocenters. The normalized spacial score (nSPS) is 19.6. The molecule has 0 aliphatic carbocycles. The van der Waals surface area contributed by atoms with E-state index in [4.69, 9.17) is 7.85 Å². The van der Waals surface area contributed by atoms with Gasteiger partial charge in [-0.2, -0.15) is 0 Å². The molecule has 0 N–H and O–H groups in total. The molecule has 1 aromatic rings. The summed E-state index contributed by atoms with van der Waals surface area (Å²) in [5.41, 5.74) is 1.75. The van der Waals surface area contributed by atoms with Crippen molar-refractivity contribution in [2.75, 3.05) is 11.4 Å². The maximum atomic E-state index is 11.8. The zero-order chi connectivity index (χ0) is 11.1. The van der Waals surface area contributed by atoms with Gasteiger partial charge in [-0.15, -0.1) is 0 Å². The van der Waals surface area contributed by atoms with E-state index in [0.717, 1.165) is 17.7 Å². The molecule has 1 heterocycles. The SMILES string of the molecule is [B]c1ccc(N2CC(C)(C)CC2=O)cc1. The van der Waals surface area contributed by atoms with Gasteiger partial charge < -0.3 is 4.90 Å². The number of carbonyl (C=O) groups excluding carboxylic acids is 1. The lowest BCUT2D eigenvalue weighted by Gasteiger charge is -2.19. The highest BCUT2D eigenvalue weighted by atomic mass is 16.2. The second kappa shape index (κ2) is 3.40. The van der Waals surface area contributed by atoms with Crippen molar-refractivity contribution < 1.29 is 4.79 Å². The van der Waals surface area contributed by atoms with Gasteiger partial charge in [0.1, 0.15) is 7.85 Å². The highest BCUT2D eigenvalue weighted by molar-refractivity contribution is 6.32. The van der Waals surface area contributed by atoms with Gasteiger partial charge in [0.25, 0.3) is 0 Å². The van der Waals surface area contributed by atoms with Gasteiger partial charge in [-0.25, -0.2) is 0 Å². The monoisotopic (exact) mass is 199 g/mol. The topological polar surface area (TPSA) is 20.3 Å². The van der Waals surface area contributed by atoms with Gasteiger partial charge >= 0.3 is 0 Å². The Labute approximate surface area is 91.7 Å². The van der Waals surface area contributed by atoms with Gasteiger partial charge in [-0.3, -0.25) is 4.79 Å². The number of carbonyl (C=O) groups is 1. The van der Waals surface area contributed by atoms with Crippen molar-refractivity contribution >= 4 is 24.9 Å². The van der Waals surface area contributed by atoms with Crippen molar-refractivity contribution in [1.82, 2.24) is 0 Å². The average molecular weight is 199 g/mol. The summed E-state index contributed by atoms with van der Waals surface area (Å²) in [5.74, 6) is 0.199. The fourth-order valence-corrected chi connectivity index (χ4v) is 1.97. The largest absolute Gasteiger partial charge is 0.312 e. The summed E-state index contributed by atoms with van der Waals surface area (Å²) in [6.07, 6.45) is 0.622. The fraction of sp³-hybridized carbons (Fsp3) is 0.417. The quantitative estimate of drug-likeness (QED) is 0.623. The first-order chi connectivity index (χ1) is 6.98. The molecular weight excluding hydrogens is 185 g/mol. The molecular formula is C12H14BNO. The summed E-state index contributed by atoms with van der Waals surface area (Å²) < 4.78 is 0. The molecule has 15 heavy (non-hydrogen) atoms. The van der Waals surface area contributed by atoms with Gasteiger partial charge in [0.15, 0.2) is 0 Å². The predicted molar refractivity (Wildman–Crippen MR) is 62.6 cm³/mol. The molecule has 1 amide bonds. The summed E-state index contributed by atoms with van der Waals surface area (Å²) in [6, 6.07) is 7.45. The first-order valence-electron chi connectivity index (χ1n) is 5.14. The Morgan fingerprint density at radius 2 is 1.87 bits per heavy atom. The van der Waals surface area contributed by atoms with Gasteiger partial charge in [0.05, 0.1) is 0 Å². The third kappa shape index (κ3) is 2.06. The van der Waals surface area contributed by atoms with Crippen molar-refractivity contribution in [3.63, 3.8) is 0 Å². The minimum absolute atomic E-state index is 0.0818. The Hall–Kier alpha value is -1.25. The third-order valence-corrected chi connectivity index (χ3v) is 2.72. The van der Waals surface area contributed by atoms with Gasteiger partial charge in [-0.1, -0.05) is 31.4 Å². The molecule has 1 aliphatic heterocycles. The van der Waals surface area contributed by atoms with Crippen LogP contribution in [0.5, 0.6) is 0 Å². The van der Waals surface area contributed by atoms with Gasteiger partial charge in [0, 0.05) is 18.7 Å². The predicted octanol–water partition coefficient (Wildman–Crippen LogP) is 1.24. The van der Waals surface area contributed by atoms with Crippen molar-refractivity contribution in [3.05, 3.63) is 24.3 Å². The zero-order valence-corrected chi connectivity index (χ0v) is 9.16. The zero-order valence-electron chi connectivity index (χ0n) is 9.16. The summed E-state index contributed by atoms with van der Waals surface area (Å²) in [7, 11) is 5.61. The molecule has 0 spiro atoms. The Morgan fingerprint density at radius 1 is 1.27 bits per heavy atom. The molecule has 2 radical (unpaired) electrons. The first-order valence-corrected chi connectivity index (χ1v) is 5.14. The molecule has 2 nitrogen and oxygen atoms in total. The summed E-state index contributed by atoms with van der Waals surface area (Å²) in [4.78, 5) is 13.6. The van der Waals surface area contributed by atoms with E-state index in [1.165, 1.54) is 0 Å². The molecule has 2 rings (SSSR count). The number of hydrogen-bond acceptors (Lipinski definition) is 1. The maximum Gasteiger partial charge on any atom is 0.227 e. The molecule has 1 fully saturated rings. The second-order valence-corrected chi connectivity index (χ2v) is 4.91. The lowest BCUT2D eigenvalue weighted by Crippen LogP contribution is -2.26. The molecule has 3 heteroatoms. The van der Waals surface area contributed by atoms with E-state index in [1.54, 1.807) is 0 Å². The summed E-state index contributed by atoms with van der Waals surface area (Å²) in [5, 5.41) is 0. The van der Waals surface area contributed by atoms with Gasteiger partial charge in [-0.05, 0) is 17.5 Å². The molecule has 1 aromatic carbocycles. The van der Waals surface area contributed by atoms with Crippen LogP contribution in [0.2, 0.25) is 0 Å². The lowest BCUT2D eigenvalue weighted by molar-refractivity contribution is -0.117. The first kappa shape index (κ1) is 10.3. The number of benzene rings is 1. The minimum atomic E-state index is 0.0818. The molecule has 0 aromatic heterocycles. The molecule has 76 valence electrons. The Morgan fingerprint density at radius 3 is 2.33 bits per heavy atom. The third-order valence-electron chi connectivity index (χ3n) is 2.72. The Bertz CT molecular complexity index is 383. The van der Waals surface area contributed by atoms with E-state index in [9.17, 15) is 4.79 Å². The highest BCUT2D eigenvalue weighted by Crippen LogP contribution is 2.32. The Kier molecular flexibility index (Phi) is 2.33. The van der Waals surface area contributed by atoms with Crippen molar-refractivity contribution in [1.29, 1.82) is 0 Å². The van der Waals surface area contributed by atoms with Crippen LogP contribution in [-0.2, 0) is 4.79 Å². The van der Waals surface area contributed by atoms with Crippen molar-refractivity contribution in [2.24, 2.45) is 5.41 Å². The molecule has 1 saturated heterocycles. The smallest absolute Gasteiger partial charge is 0.227 e. The number of anilines is 1. The molecule has 0 saturated carbocycles. The number of amides is 1. The fourth-order valence-electron chi connectivity index (χ4n) is 1.97. The second-order valence-electron chi connectivity index (χ2n) is 4.91. The van der Waals surface area contributed by atoms with Crippen LogP contribution in [0.3, 0.4) is 0 Å². The van der Waals surface area contributed by atoms with E-state index in [0.29, 0.717) is 6.42 Å². The molecule has 0 bridgehead atoms. The van der Waals surface area contributed by atoms with Crippen LogP contribution >= 0.6 is 0 Å². The summed E-state index contributed by atoms with van der Waals surface area (Å²) in [6.45, 7) is 5.01. The van der Waals surface area contributed by atoms with Crippen LogP contribution in [0, 0.1) is 5.41 Å². The lowest BCUT2D eigenvalue weighted by atomic mass is 9.93. The molecule has 1 aliphatic rings. The minimum Gasteiger partial charge on any atom is -0.312 e. The van der Waals surface area contributed by atoms with Crippen LogP contribution in [0.15, 0.2) is 24.3 Å². The highest BCUT2D eigenvalue weighted by Gasteiger charge is 2.36. The average Bonchev–Trinajstić information content (AvgIpc) is 2.41. The van der Waals surface area contributed by atoms with Crippen LogP contribution in [0.25, 0.3) is 0 Å². The van der Waals surface area contributed by atoms with E-state index < -0.39 is 0 Å². The van der Waals surface area contributed by atoms with Crippen LogP contribution in [0.1, 0.15) is 20.3 Å².